The van der Waals surface area contributed by atoms with Crippen molar-refractivity contribution in [1.82, 2.24) is 0 Å². The average Bonchev–Trinajstić information content (AvgIpc) is 2.40. The molecule has 2 rings (SSSR count). The van der Waals surface area contributed by atoms with E-state index in [0.717, 1.165) is 10.0 Å². The van der Waals surface area contributed by atoms with Gasteiger partial charge in [-0.2, -0.15) is 0 Å². The Hall–Kier alpha value is -1.41. The molecule has 0 radical (unpaired) electrons. The summed E-state index contributed by atoms with van der Waals surface area (Å²) in [4.78, 5) is 4.39. The van der Waals surface area contributed by atoms with E-state index in [1.54, 1.807) is 0 Å². The fourth-order valence-corrected chi connectivity index (χ4v) is 2.27. The van der Waals surface area contributed by atoms with Gasteiger partial charge in [0.1, 0.15) is 0 Å². The molecular formula is C14H13NOSe. The van der Waals surface area contributed by atoms with E-state index < -0.39 is 15.3 Å². The van der Waals surface area contributed by atoms with Crippen LogP contribution in [0.15, 0.2) is 59.6 Å². The van der Waals surface area contributed by atoms with Crippen molar-refractivity contribution in [3.8, 4) is 0 Å². The molecular weight excluding hydrogens is 277 g/mol. The van der Waals surface area contributed by atoms with E-state index in [4.69, 9.17) is 0 Å². The molecule has 86 valence electrons. The maximum atomic E-state index is 9.24. The molecule has 0 bridgehead atoms. The summed E-state index contributed by atoms with van der Waals surface area (Å²) in [6.07, 6.45) is 1.83. The van der Waals surface area contributed by atoms with Gasteiger partial charge in [0.25, 0.3) is 0 Å². The number of hydrogen-bond acceptors (Lipinski definition) is 2. The Morgan fingerprint density at radius 3 is 2.47 bits per heavy atom. The zero-order valence-corrected chi connectivity index (χ0v) is 11.0. The summed E-state index contributed by atoms with van der Waals surface area (Å²) in [5.41, 5.74) is 2.20. The quantitative estimate of drug-likeness (QED) is 0.672. The van der Waals surface area contributed by atoms with Crippen molar-refractivity contribution >= 4 is 26.0 Å². The first-order chi connectivity index (χ1) is 8.40. The van der Waals surface area contributed by atoms with E-state index in [9.17, 15) is 4.19 Å². The number of aliphatic imine (C=N–C) groups is 1. The van der Waals surface area contributed by atoms with Crippen LogP contribution in [0, 0.1) is 0 Å². The second-order valence-electron chi connectivity index (χ2n) is 3.58. The van der Waals surface area contributed by atoms with Crippen LogP contribution in [0.4, 0.5) is 0 Å². The SMILES string of the molecule is O[Se]c1ccccc1C=NCc1ccccc1. The normalized spacial score (nSPS) is 10.9. The summed E-state index contributed by atoms with van der Waals surface area (Å²) in [6, 6.07) is 17.9. The Kier molecular flexibility index (Phi) is 4.51. The van der Waals surface area contributed by atoms with Gasteiger partial charge in [0.2, 0.25) is 0 Å². The molecule has 17 heavy (non-hydrogen) atoms. The van der Waals surface area contributed by atoms with E-state index in [2.05, 4.69) is 17.1 Å². The fourth-order valence-electron chi connectivity index (χ4n) is 1.50. The third-order valence-corrected chi connectivity index (χ3v) is 3.56. The Balaban J connectivity index is 2.06. The van der Waals surface area contributed by atoms with Crippen LogP contribution in [-0.2, 0) is 6.54 Å². The molecule has 2 aromatic carbocycles. The zero-order valence-electron chi connectivity index (χ0n) is 9.28. The standard InChI is InChI=1S/C14H13NOSe/c16-17-14-9-5-4-8-13(14)11-15-10-12-6-2-1-3-7-12/h1-9,11,16H,10H2. The first kappa shape index (κ1) is 12.1. The Labute approximate surface area is 108 Å². The molecule has 0 atom stereocenters. The van der Waals surface area contributed by atoms with Crippen LogP contribution in [0.5, 0.6) is 0 Å². The van der Waals surface area contributed by atoms with E-state index in [1.807, 2.05) is 48.7 Å². The minimum atomic E-state index is -0.477. The molecule has 0 fully saturated rings. The minimum absolute atomic E-state index is 0.477. The molecule has 2 aromatic rings. The molecule has 2 nitrogen and oxygen atoms in total. The second kappa shape index (κ2) is 6.36. The summed E-state index contributed by atoms with van der Waals surface area (Å²) < 4.78 is 10.2. The van der Waals surface area contributed by atoms with Gasteiger partial charge in [-0.15, -0.1) is 0 Å². The molecule has 0 unspecified atom stereocenters. The Morgan fingerprint density at radius 1 is 1.00 bits per heavy atom. The van der Waals surface area contributed by atoms with Crippen LogP contribution >= 0.6 is 0 Å². The van der Waals surface area contributed by atoms with Crippen molar-refractivity contribution in [2.75, 3.05) is 0 Å². The number of benzene rings is 2. The molecule has 0 aliphatic carbocycles. The summed E-state index contributed by atoms with van der Waals surface area (Å²) in [6.45, 7) is 0.674. The summed E-state index contributed by atoms with van der Waals surface area (Å²) in [7, 11) is 0. The molecule has 0 aromatic heterocycles. The molecule has 0 heterocycles. The van der Waals surface area contributed by atoms with Gasteiger partial charge in [-0.1, -0.05) is 0 Å². The third kappa shape index (κ3) is 3.53. The van der Waals surface area contributed by atoms with Gasteiger partial charge < -0.3 is 0 Å². The molecule has 0 aliphatic rings. The van der Waals surface area contributed by atoms with Crippen LogP contribution < -0.4 is 4.46 Å². The Morgan fingerprint density at radius 2 is 1.71 bits per heavy atom. The molecule has 0 aliphatic heterocycles. The van der Waals surface area contributed by atoms with Crippen LogP contribution in [0.2, 0.25) is 0 Å². The predicted octanol–water partition coefficient (Wildman–Crippen LogP) is 1.54. The van der Waals surface area contributed by atoms with Gasteiger partial charge in [0.05, 0.1) is 0 Å². The van der Waals surface area contributed by atoms with E-state index in [1.165, 1.54) is 5.56 Å². The molecule has 0 saturated heterocycles. The van der Waals surface area contributed by atoms with Crippen molar-refractivity contribution in [1.29, 1.82) is 0 Å². The average molecular weight is 290 g/mol. The van der Waals surface area contributed by atoms with Gasteiger partial charge in [0, 0.05) is 0 Å². The van der Waals surface area contributed by atoms with Gasteiger partial charge in [-0.25, -0.2) is 0 Å². The summed E-state index contributed by atoms with van der Waals surface area (Å²) >= 11 is -0.477. The first-order valence-electron chi connectivity index (χ1n) is 5.34. The molecule has 1 N–H and O–H groups in total. The van der Waals surface area contributed by atoms with Crippen molar-refractivity contribution in [3.63, 3.8) is 0 Å². The van der Waals surface area contributed by atoms with Crippen LogP contribution in [0.25, 0.3) is 0 Å². The van der Waals surface area contributed by atoms with Crippen molar-refractivity contribution in [3.05, 3.63) is 65.7 Å². The number of hydrogen-bond donors (Lipinski definition) is 1. The molecule has 0 amide bonds. The topological polar surface area (TPSA) is 32.6 Å². The molecule has 0 spiro atoms. The summed E-state index contributed by atoms with van der Waals surface area (Å²) in [5.74, 6) is 0. The van der Waals surface area contributed by atoms with Crippen molar-refractivity contribution < 1.29 is 4.19 Å². The first-order valence-corrected chi connectivity index (χ1v) is 6.96. The van der Waals surface area contributed by atoms with E-state index in [0.29, 0.717) is 6.54 Å². The van der Waals surface area contributed by atoms with E-state index >= 15 is 0 Å². The van der Waals surface area contributed by atoms with Gasteiger partial charge in [-0.05, 0) is 0 Å². The Bertz CT molecular complexity index is 497. The monoisotopic (exact) mass is 291 g/mol. The summed E-state index contributed by atoms with van der Waals surface area (Å²) in [5, 5.41) is 0. The number of rotatable bonds is 4. The third-order valence-electron chi connectivity index (χ3n) is 2.36. The second-order valence-corrected chi connectivity index (χ2v) is 4.89. The van der Waals surface area contributed by atoms with Gasteiger partial charge >= 0.3 is 107 Å². The van der Waals surface area contributed by atoms with Crippen LogP contribution in [-0.4, -0.2) is 25.7 Å². The van der Waals surface area contributed by atoms with Gasteiger partial charge in [0.15, 0.2) is 0 Å². The van der Waals surface area contributed by atoms with Crippen molar-refractivity contribution in [2.45, 2.75) is 6.54 Å². The zero-order chi connectivity index (χ0) is 11.9. The van der Waals surface area contributed by atoms with E-state index in [-0.39, 0.29) is 0 Å². The fraction of sp³-hybridized carbons (Fsp3) is 0.0714. The van der Waals surface area contributed by atoms with Crippen LogP contribution in [0.1, 0.15) is 11.1 Å². The molecule has 3 heteroatoms. The van der Waals surface area contributed by atoms with Crippen LogP contribution in [0.3, 0.4) is 0 Å². The van der Waals surface area contributed by atoms with Gasteiger partial charge in [-0.3, -0.25) is 0 Å². The maximum absolute atomic E-state index is 9.24. The number of nitrogens with zero attached hydrogens (tertiary/aromatic N) is 1. The van der Waals surface area contributed by atoms with Crippen molar-refractivity contribution in [2.24, 2.45) is 4.99 Å². The predicted molar refractivity (Wildman–Crippen MR) is 71.8 cm³/mol. The molecule has 0 saturated carbocycles.